The van der Waals surface area contributed by atoms with Gasteiger partial charge in [0.05, 0.1) is 98.9 Å². The van der Waals surface area contributed by atoms with Crippen LogP contribution in [0.15, 0.2) is 128 Å². The van der Waals surface area contributed by atoms with Gasteiger partial charge in [-0.2, -0.15) is 0 Å². The van der Waals surface area contributed by atoms with Crippen molar-refractivity contribution in [1.82, 2.24) is 14.4 Å². The molecule has 4 unspecified atom stereocenters. The first kappa shape index (κ1) is 74.5. The van der Waals surface area contributed by atoms with Gasteiger partial charge in [0.2, 0.25) is 11.8 Å². The molecule has 11 rings (SSSR count). The number of amides is 2. The van der Waals surface area contributed by atoms with Gasteiger partial charge in [0.25, 0.3) is 11.8 Å². The predicted octanol–water partition coefficient (Wildman–Crippen LogP) is 26.1. The summed E-state index contributed by atoms with van der Waals surface area (Å²) in [5.74, 6) is 2.89. The topological polar surface area (TPSA) is 88.7 Å². The van der Waals surface area contributed by atoms with Gasteiger partial charge in [-0.3, -0.25) is 9.59 Å². The fraction of sp³-hybridized carbons (Fsp3) is 0.524. The van der Waals surface area contributed by atoms with Crippen LogP contribution >= 0.6 is 68.0 Å². The molecule has 4 atom stereocenters. The molecule has 0 bridgehead atoms. The van der Waals surface area contributed by atoms with Gasteiger partial charge < -0.3 is 23.8 Å². The number of ether oxygens (including phenoxy) is 2. The van der Waals surface area contributed by atoms with Gasteiger partial charge in [0, 0.05) is 39.1 Å². The minimum absolute atomic E-state index is 0.0470. The molecule has 99 heavy (non-hydrogen) atoms. The predicted molar refractivity (Wildman–Crippen MR) is 429 cm³/mol. The van der Waals surface area contributed by atoms with E-state index in [-0.39, 0.29) is 11.8 Å². The molecule has 0 radical (unpaired) electrons. The largest absolute Gasteiger partial charge is 0.477 e. The van der Waals surface area contributed by atoms with Crippen LogP contribution in [0.25, 0.3) is 63.4 Å². The fourth-order valence-corrected chi connectivity index (χ4v) is 20.4. The summed E-state index contributed by atoms with van der Waals surface area (Å²) in [5, 5.41) is 4.16. The summed E-state index contributed by atoms with van der Waals surface area (Å²) >= 11 is 10.6. The maximum Gasteiger partial charge on any atom is 0.261 e. The van der Waals surface area contributed by atoms with Crippen LogP contribution in [-0.4, -0.2) is 64.3 Å². The molecule has 4 aliphatic rings. The zero-order valence-electron chi connectivity index (χ0n) is 60.8. The highest BCUT2D eigenvalue weighted by atomic mass is 32.1. The first-order chi connectivity index (χ1) is 48.6. The number of thiophene rings is 6. The highest BCUT2D eigenvalue weighted by molar-refractivity contribution is 7.25. The van der Waals surface area contributed by atoms with Crippen LogP contribution in [0.3, 0.4) is 0 Å². The SMILES string of the molecule is CCCCCCCCCCCCn1c(-c2ccc(-c3ccc(C4=C5C(OCC(CC)CCCC)=NC(c6cccs6)=C5C(=O)N4CC(CC)CCCC)s3)s2)ccc1-c1ccc(-c2ccc(C3=C4C(OCC(CC)CCCC)=NC(c5cccs5)=C4C(=O)N3CC(CC)CCCC)s2)s1. The summed E-state index contributed by atoms with van der Waals surface area (Å²) in [4.78, 5) is 56.8. The Balaban J connectivity index is 0.921. The first-order valence-corrected chi connectivity index (χ1v) is 43.3. The van der Waals surface area contributed by atoms with Crippen molar-refractivity contribution in [3.63, 3.8) is 0 Å². The molecule has 4 aliphatic heterocycles. The summed E-state index contributed by atoms with van der Waals surface area (Å²) in [7, 11) is 0. The van der Waals surface area contributed by atoms with E-state index in [2.05, 4.69) is 172 Å². The summed E-state index contributed by atoms with van der Waals surface area (Å²) < 4.78 is 16.4. The van der Waals surface area contributed by atoms with Crippen LogP contribution in [0.1, 0.15) is 249 Å². The quantitative estimate of drug-likeness (QED) is 0.0356. The van der Waals surface area contributed by atoms with Gasteiger partial charge in [-0.1, -0.05) is 209 Å². The van der Waals surface area contributed by atoms with Gasteiger partial charge in [-0.05, 0) is 139 Å². The highest BCUT2D eigenvalue weighted by Crippen LogP contribution is 2.52. The van der Waals surface area contributed by atoms with Crippen molar-refractivity contribution in [2.75, 3.05) is 26.3 Å². The molecule has 7 aromatic heterocycles. The summed E-state index contributed by atoms with van der Waals surface area (Å²) in [6.07, 6.45) is 30.7. The van der Waals surface area contributed by atoms with Gasteiger partial charge in [-0.25, -0.2) is 9.98 Å². The molecule has 9 nitrogen and oxygen atoms in total. The second kappa shape index (κ2) is 37.0. The van der Waals surface area contributed by atoms with E-state index in [0.29, 0.717) is 72.9 Å². The molecule has 0 spiro atoms. The Morgan fingerprint density at radius 1 is 0.364 bits per heavy atom. The molecule has 0 aromatic carbocycles. The Labute approximate surface area is 617 Å². The molecule has 530 valence electrons. The average Bonchev–Trinajstić information content (AvgIpc) is 1.57. The number of hydrogen-bond acceptors (Lipinski definition) is 12. The lowest BCUT2D eigenvalue weighted by molar-refractivity contribution is -0.124. The van der Waals surface area contributed by atoms with E-state index in [1.807, 2.05) is 22.7 Å². The maximum absolute atomic E-state index is 15.3. The van der Waals surface area contributed by atoms with Crippen LogP contribution in [0.4, 0.5) is 0 Å². The summed E-state index contributed by atoms with van der Waals surface area (Å²) in [6, 6.07) is 31.4. The van der Waals surface area contributed by atoms with Crippen LogP contribution in [-0.2, 0) is 25.6 Å². The third kappa shape index (κ3) is 17.5. The molecule has 2 amide bonds. The van der Waals surface area contributed by atoms with Gasteiger partial charge in [0.1, 0.15) is 0 Å². The van der Waals surface area contributed by atoms with E-state index in [4.69, 9.17) is 19.5 Å². The van der Waals surface area contributed by atoms with E-state index >= 15 is 9.59 Å². The number of rotatable bonds is 43. The first-order valence-electron chi connectivity index (χ1n) is 38.3. The smallest absolute Gasteiger partial charge is 0.261 e. The molecular formula is C84H109N5O4S6. The number of hydrogen-bond donors (Lipinski definition) is 0. The van der Waals surface area contributed by atoms with Crippen molar-refractivity contribution in [3.8, 4) is 40.7 Å². The molecule has 0 aliphatic carbocycles. The molecule has 0 saturated carbocycles. The third-order valence-corrected chi connectivity index (χ3v) is 27.4. The van der Waals surface area contributed by atoms with Gasteiger partial charge in [0.15, 0.2) is 0 Å². The lowest BCUT2D eigenvalue weighted by Gasteiger charge is -2.26. The van der Waals surface area contributed by atoms with Crippen molar-refractivity contribution in [1.29, 1.82) is 0 Å². The molecule has 7 aromatic rings. The third-order valence-electron chi connectivity index (χ3n) is 20.8. The molecule has 15 heteroatoms. The van der Waals surface area contributed by atoms with Crippen LogP contribution < -0.4 is 0 Å². The number of nitrogens with zero attached hydrogens (tertiary/aromatic N) is 5. The van der Waals surface area contributed by atoms with E-state index in [1.165, 1.54) is 111 Å². The summed E-state index contributed by atoms with van der Waals surface area (Å²) in [5.41, 5.74) is 9.06. The molecule has 0 N–H and O–H groups in total. The van der Waals surface area contributed by atoms with Crippen molar-refractivity contribution < 1.29 is 19.1 Å². The lowest BCUT2D eigenvalue weighted by Crippen LogP contribution is -2.31. The molecule has 0 saturated heterocycles. The fourth-order valence-electron chi connectivity index (χ4n) is 14.6. The van der Waals surface area contributed by atoms with E-state index in [9.17, 15) is 0 Å². The van der Waals surface area contributed by atoms with E-state index in [0.717, 1.165) is 156 Å². The van der Waals surface area contributed by atoms with Gasteiger partial charge >= 0.3 is 0 Å². The van der Waals surface area contributed by atoms with Crippen molar-refractivity contribution in [2.45, 2.75) is 236 Å². The molecular weight excluding hydrogens is 1340 g/mol. The molecule has 11 heterocycles. The zero-order chi connectivity index (χ0) is 69.2. The number of aliphatic imine (C=N–C) groups is 2. The van der Waals surface area contributed by atoms with Crippen LogP contribution in [0.2, 0.25) is 0 Å². The van der Waals surface area contributed by atoms with E-state index < -0.39 is 0 Å². The monoisotopic (exact) mass is 1440 g/mol. The zero-order valence-corrected chi connectivity index (χ0v) is 65.7. The Morgan fingerprint density at radius 3 is 1.07 bits per heavy atom. The number of carbonyl (C=O) groups excluding carboxylic acids is 2. The van der Waals surface area contributed by atoms with E-state index in [1.54, 1.807) is 45.3 Å². The Hall–Kier alpha value is -5.68. The van der Waals surface area contributed by atoms with Gasteiger partial charge in [-0.15, -0.1) is 68.0 Å². The average molecular weight is 1450 g/mol. The minimum Gasteiger partial charge on any atom is -0.477 e. The Morgan fingerprint density at radius 2 is 0.707 bits per heavy atom. The number of unbranched alkanes of at least 4 members (excludes halogenated alkanes) is 13. The van der Waals surface area contributed by atoms with Crippen LogP contribution in [0.5, 0.6) is 0 Å². The molecule has 0 fully saturated rings. The minimum atomic E-state index is 0.0470. The standard InChI is InChI=1S/C84H109N5O4S6/c1-10-19-24-25-26-27-28-29-30-31-50-87-61(63-42-44-65(96-63)67-46-48-71(98-67)79-75-73(83(90)88(79)53-57(15-6)34-20-11-2)77(69-38-32-51-94-69)85-81(75)92-55-59(17-8)36-22-13-4)40-41-62(87)64-43-45-66(97-64)68-47-49-72(99-68)80-76-74(84(91)89(80)54-58(16-7)35-21-12-3)78(70-39-33-52-95-70)86-82(76)93-56-60(18-9)37-23-14-5/h32-33,38-49,51-52,57-60H,10-31,34-37,50,53-56H2,1-9H3. The maximum atomic E-state index is 15.3. The Kier molecular flexibility index (Phi) is 27.8. The van der Waals surface area contributed by atoms with Crippen LogP contribution in [0, 0.1) is 23.7 Å². The lowest BCUT2D eigenvalue weighted by atomic mass is 9.98. The highest BCUT2D eigenvalue weighted by Gasteiger charge is 2.47. The second-order valence-electron chi connectivity index (χ2n) is 27.9. The Bertz CT molecular complexity index is 3720. The van der Waals surface area contributed by atoms with Crippen molar-refractivity contribution in [3.05, 3.63) is 137 Å². The van der Waals surface area contributed by atoms with Crippen molar-refractivity contribution in [2.24, 2.45) is 33.7 Å². The number of carbonyl (C=O) groups is 2. The number of aromatic nitrogens is 1. The second-order valence-corrected chi connectivity index (χ2v) is 34.1. The normalized spacial score (nSPS) is 16.0. The number of fused-ring (bicyclic) bond motifs is 2. The van der Waals surface area contributed by atoms with Crippen molar-refractivity contribution >= 4 is 114 Å². The summed E-state index contributed by atoms with van der Waals surface area (Å²) in [6.45, 7) is 23.9.